The number of benzene rings is 1. The summed E-state index contributed by atoms with van der Waals surface area (Å²) in [4.78, 5) is 29.0. The van der Waals surface area contributed by atoms with E-state index < -0.39 is 8.32 Å². The Labute approximate surface area is 209 Å². The summed E-state index contributed by atoms with van der Waals surface area (Å²) in [5.41, 5.74) is 1.71. The summed E-state index contributed by atoms with van der Waals surface area (Å²) in [7, 11) is -2.34. The Balaban J connectivity index is 3.33. The molecule has 5 nitrogen and oxygen atoms in total. The number of ketones is 1. The van der Waals surface area contributed by atoms with Crippen molar-refractivity contribution in [3.8, 4) is 5.75 Å². The summed E-state index contributed by atoms with van der Waals surface area (Å²) in [5, 5.41) is 9.85. The van der Waals surface area contributed by atoms with Crippen molar-refractivity contribution >= 4 is 35.7 Å². The lowest BCUT2D eigenvalue weighted by Gasteiger charge is -2.37. The number of hydrogen-bond donors (Lipinski definition) is 2. The van der Waals surface area contributed by atoms with Gasteiger partial charge in [-0.3, -0.25) is 9.79 Å². The van der Waals surface area contributed by atoms with Gasteiger partial charge in [-0.25, -0.2) is 0 Å². The van der Waals surface area contributed by atoms with Crippen molar-refractivity contribution in [2.45, 2.75) is 92.4 Å². The Hall–Kier alpha value is -1.44. The number of rotatable bonds is 10. The molecule has 0 heterocycles. The Morgan fingerprint density at radius 1 is 1.24 bits per heavy atom. The van der Waals surface area contributed by atoms with E-state index in [4.69, 9.17) is 9.73 Å². The molecule has 1 rings (SSSR count). The second kappa shape index (κ2) is 11.3. The minimum atomic E-state index is -2.34. The highest BCUT2D eigenvalue weighted by Crippen LogP contribution is 2.42. The molecule has 1 aromatic rings. The minimum absolute atomic E-state index is 0.0709. The number of ether oxygens (including phenoxy) is 1. The van der Waals surface area contributed by atoms with Crippen LogP contribution < -0.4 is 4.74 Å². The fourth-order valence-corrected chi connectivity index (χ4v) is 4.65. The first-order valence-electron chi connectivity index (χ1n) is 11.6. The molecule has 1 unspecified atom stereocenters. The zero-order valence-electron chi connectivity index (χ0n) is 22.0. The van der Waals surface area contributed by atoms with Gasteiger partial charge in [0.05, 0.1) is 24.5 Å². The average Bonchev–Trinajstić information content (AvgIpc) is 2.66. The summed E-state index contributed by atoms with van der Waals surface area (Å²) in [6.07, 6.45) is 2.47. The number of carbonyl (C=O) groups excluding carboxylic acids is 1. The normalized spacial score (nSPS) is 14.9. The van der Waals surface area contributed by atoms with Crippen molar-refractivity contribution in [1.29, 1.82) is 0 Å². The molecule has 0 saturated carbocycles. The van der Waals surface area contributed by atoms with Crippen molar-refractivity contribution in [2.75, 3.05) is 6.61 Å². The molecule has 0 amide bonds. The maximum absolute atomic E-state index is 13.4. The fourth-order valence-electron chi connectivity index (χ4n) is 3.45. The van der Waals surface area contributed by atoms with Crippen LogP contribution in [0.3, 0.4) is 0 Å². The first-order valence-corrected chi connectivity index (χ1v) is 15.3. The number of Topliss-reactive ketones (excluding diaryl/α,β-unsaturated/α-hetero) is 1. The Kier molecular flexibility index (Phi) is 10.2. The van der Waals surface area contributed by atoms with Gasteiger partial charge in [0.25, 0.3) is 0 Å². The second-order valence-electron chi connectivity index (χ2n) is 11.0. The molecule has 2 N–H and O–H groups in total. The molecule has 186 valence electrons. The molecule has 0 aliphatic rings. The maximum Gasteiger partial charge on any atom is 0.198 e. The lowest BCUT2D eigenvalue weighted by Crippen LogP contribution is -2.40. The van der Waals surface area contributed by atoms with Crippen molar-refractivity contribution in [3.63, 3.8) is 0 Å². The summed E-state index contributed by atoms with van der Waals surface area (Å²) < 4.78 is 6.40. The molecule has 0 saturated heterocycles. The van der Waals surface area contributed by atoms with E-state index in [1.54, 1.807) is 13.0 Å². The van der Waals surface area contributed by atoms with Gasteiger partial charge in [0.15, 0.2) is 14.1 Å². The molecule has 0 aliphatic carbocycles. The van der Waals surface area contributed by atoms with E-state index in [1.165, 1.54) is 0 Å². The molecule has 0 aromatic heterocycles. The van der Waals surface area contributed by atoms with E-state index in [9.17, 15) is 14.7 Å². The number of allylic oxidation sites excluding steroid dienone is 1. The molecule has 1 aromatic carbocycles. The predicted molar refractivity (Wildman–Crippen MR) is 144 cm³/mol. The van der Waals surface area contributed by atoms with Crippen LogP contribution in [0.15, 0.2) is 33.4 Å². The van der Waals surface area contributed by atoms with Gasteiger partial charge in [0.1, 0.15) is 5.75 Å². The van der Waals surface area contributed by atoms with Crippen LogP contribution in [0.5, 0.6) is 5.75 Å². The van der Waals surface area contributed by atoms with Gasteiger partial charge in [-0.1, -0.05) is 50.5 Å². The van der Waals surface area contributed by atoms with Gasteiger partial charge < -0.3 is 14.6 Å². The first-order chi connectivity index (χ1) is 15.0. The predicted octanol–water partition coefficient (Wildman–Crippen LogP) is 7.41. The van der Waals surface area contributed by atoms with Crippen LogP contribution in [-0.4, -0.2) is 42.4 Å². The highest BCUT2D eigenvalue weighted by Gasteiger charge is 2.39. The molecule has 0 fully saturated rings. The third-order valence-electron chi connectivity index (χ3n) is 6.68. The van der Waals surface area contributed by atoms with Crippen molar-refractivity contribution in [2.24, 2.45) is 10.4 Å². The summed E-state index contributed by atoms with van der Waals surface area (Å²) >= 11 is 3.45. The lowest BCUT2D eigenvalue weighted by atomic mass is 9.82. The summed E-state index contributed by atoms with van der Waals surface area (Å²) in [6, 6.07) is 3.51. The molecular formula is C26H42BrNO4Si. The van der Waals surface area contributed by atoms with Gasteiger partial charge in [0, 0.05) is 21.3 Å². The zero-order valence-corrected chi connectivity index (χ0v) is 24.6. The maximum atomic E-state index is 13.4. The third-order valence-corrected chi connectivity index (χ3v) is 10.7. The smallest absolute Gasteiger partial charge is 0.198 e. The molecule has 1 atom stereocenters. The molecule has 33 heavy (non-hydrogen) atoms. The molecular weight excluding hydrogens is 498 g/mol. The molecule has 0 bridgehead atoms. The number of carbonyl (C=O) groups is 1. The Morgan fingerprint density at radius 3 is 2.27 bits per heavy atom. The van der Waals surface area contributed by atoms with Crippen molar-refractivity contribution in [1.82, 2.24) is 0 Å². The number of aliphatic hydroxyl groups is 1. The molecule has 0 radical (unpaired) electrons. The van der Waals surface area contributed by atoms with Crippen LogP contribution in [0.2, 0.25) is 18.1 Å². The van der Waals surface area contributed by atoms with E-state index in [1.807, 2.05) is 33.0 Å². The first kappa shape index (κ1) is 29.6. The second-order valence-corrected chi connectivity index (χ2v) is 16.3. The number of aliphatic hydroxyl groups excluding tert-OH is 1. The van der Waals surface area contributed by atoms with E-state index in [2.05, 4.69) is 50.5 Å². The SMILES string of the molecule is CCOc1cc(Br)cc(C(=O)C(=CO)C(C)=NC(CCC(C)(C)[Si](C)(C)O)C(C)(C)C)c1C. The Morgan fingerprint density at radius 2 is 1.82 bits per heavy atom. The summed E-state index contributed by atoms with van der Waals surface area (Å²) in [5.74, 6) is 0.336. The van der Waals surface area contributed by atoms with Crippen LogP contribution in [0, 0.1) is 12.3 Å². The third kappa shape index (κ3) is 7.79. The van der Waals surface area contributed by atoms with Crippen molar-refractivity contribution in [3.05, 3.63) is 39.6 Å². The van der Waals surface area contributed by atoms with E-state index in [0.717, 1.165) is 29.1 Å². The van der Waals surface area contributed by atoms with Gasteiger partial charge in [-0.2, -0.15) is 0 Å². The van der Waals surface area contributed by atoms with E-state index in [-0.39, 0.29) is 27.9 Å². The quantitative estimate of drug-likeness (QED) is 0.106. The van der Waals surface area contributed by atoms with Gasteiger partial charge in [-0.15, -0.1) is 0 Å². The summed E-state index contributed by atoms with van der Waals surface area (Å²) in [6.45, 7) is 20.5. The highest BCUT2D eigenvalue weighted by molar-refractivity contribution is 9.10. The van der Waals surface area contributed by atoms with Crippen LogP contribution in [0.1, 0.15) is 77.2 Å². The monoisotopic (exact) mass is 539 g/mol. The highest BCUT2D eigenvalue weighted by atomic mass is 79.9. The zero-order chi connectivity index (χ0) is 25.8. The number of halogens is 1. The molecule has 0 spiro atoms. The van der Waals surface area contributed by atoms with E-state index in [0.29, 0.717) is 23.6 Å². The Bertz CT molecular complexity index is 908. The van der Waals surface area contributed by atoms with Crippen LogP contribution >= 0.6 is 15.9 Å². The lowest BCUT2D eigenvalue weighted by molar-refractivity contribution is 0.103. The molecule has 7 heteroatoms. The van der Waals surface area contributed by atoms with E-state index >= 15 is 0 Å². The van der Waals surface area contributed by atoms with Crippen LogP contribution in [0.25, 0.3) is 0 Å². The number of hydrogen-bond acceptors (Lipinski definition) is 5. The van der Waals surface area contributed by atoms with Crippen LogP contribution in [-0.2, 0) is 0 Å². The fraction of sp³-hybridized carbons (Fsp3) is 0.615. The molecule has 0 aliphatic heterocycles. The topological polar surface area (TPSA) is 79.1 Å². The van der Waals surface area contributed by atoms with Crippen LogP contribution in [0.4, 0.5) is 0 Å². The number of nitrogens with zero attached hydrogens (tertiary/aromatic N) is 1. The largest absolute Gasteiger partial charge is 0.515 e. The van der Waals surface area contributed by atoms with Gasteiger partial charge >= 0.3 is 0 Å². The van der Waals surface area contributed by atoms with Gasteiger partial charge in [-0.05, 0) is 69.3 Å². The van der Waals surface area contributed by atoms with Crippen molar-refractivity contribution < 1.29 is 19.4 Å². The van der Waals surface area contributed by atoms with Gasteiger partial charge in [0.2, 0.25) is 0 Å². The minimum Gasteiger partial charge on any atom is -0.515 e. The number of aliphatic imine (C=N–C) groups is 1. The average molecular weight is 541 g/mol. The standard InChI is InChI=1S/C26H42BrNO4Si/c1-11-32-22-15-19(27)14-20(17(22)2)24(30)21(16-29)18(3)28-23(25(4,5)6)12-13-26(7,8)33(9,10)31/h14-16,23,29,31H,11-13H2,1-10H3.